The summed E-state index contributed by atoms with van der Waals surface area (Å²) in [6.07, 6.45) is 1.46. The summed E-state index contributed by atoms with van der Waals surface area (Å²) in [4.78, 5) is 23.4. The van der Waals surface area contributed by atoms with Gasteiger partial charge in [0.2, 0.25) is 0 Å². The maximum Gasteiger partial charge on any atom is 0.335 e. The fourth-order valence-electron chi connectivity index (χ4n) is 3.65. The van der Waals surface area contributed by atoms with E-state index in [4.69, 9.17) is 5.11 Å². The first kappa shape index (κ1) is 26.8. The zero-order valence-corrected chi connectivity index (χ0v) is 22.5. The zero-order valence-electron chi connectivity index (χ0n) is 21.7. The molecule has 0 spiro atoms. The van der Waals surface area contributed by atoms with Crippen LogP contribution in [0.3, 0.4) is 0 Å². The highest BCUT2D eigenvalue weighted by atomic mass is 32.2. The Hall–Kier alpha value is -4.24. The normalized spacial score (nSPS) is 11.6. The second-order valence-corrected chi connectivity index (χ2v) is 10.8. The van der Waals surface area contributed by atoms with Crippen LogP contribution in [0.1, 0.15) is 47.8 Å². The largest absolute Gasteiger partial charge is 0.478 e. The summed E-state index contributed by atoms with van der Waals surface area (Å²) in [6.45, 7) is 8.56. The molecule has 1 aromatic heterocycles. The van der Waals surface area contributed by atoms with Crippen LogP contribution in [0.4, 0.5) is 0 Å². The Kier molecular flexibility index (Phi) is 8.07. The van der Waals surface area contributed by atoms with Crippen LogP contribution >= 0.6 is 11.8 Å². The number of amides is 1. The van der Waals surface area contributed by atoms with E-state index in [1.807, 2.05) is 47.9 Å². The molecule has 0 saturated carbocycles. The molecule has 194 valence electrons. The number of hydrazone groups is 1. The van der Waals surface area contributed by atoms with E-state index in [1.165, 1.54) is 35.7 Å². The van der Waals surface area contributed by atoms with E-state index < -0.39 is 5.97 Å². The molecule has 2 N–H and O–H groups in total. The maximum absolute atomic E-state index is 12.5. The van der Waals surface area contributed by atoms with Crippen molar-refractivity contribution in [2.24, 2.45) is 5.10 Å². The third-order valence-corrected chi connectivity index (χ3v) is 6.76. The van der Waals surface area contributed by atoms with E-state index in [2.05, 4.69) is 53.6 Å². The van der Waals surface area contributed by atoms with Gasteiger partial charge in [0.1, 0.15) is 0 Å². The standard InChI is InChI=1S/C29H29N5O3S/c1-19-5-15-24(16-6-19)34-26(21-11-13-23(14-12-21)29(2,3)4)32-33-28(34)38-18-25(35)31-30-17-20-7-9-22(10-8-20)27(36)37/h5-17H,18H2,1-4H3,(H,31,35)(H,36,37)/b30-17-. The number of thioether (sulfide) groups is 1. The monoisotopic (exact) mass is 527 g/mol. The van der Waals surface area contributed by atoms with Crippen molar-refractivity contribution in [1.82, 2.24) is 20.2 Å². The lowest BCUT2D eigenvalue weighted by atomic mass is 9.87. The molecule has 9 heteroatoms. The van der Waals surface area contributed by atoms with Crippen LogP contribution in [0.5, 0.6) is 0 Å². The number of carbonyl (C=O) groups excluding carboxylic acids is 1. The molecule has 0 aliphatic rings. The Morgan fingerprint density at radius 1 is 0.974 bits per heavy atom. The highest BCUT2D eigenvalue weighted by molar-refractivity contribution is 7.99. The number of aromatic nitrogens is 3. The van der Waals surface area contributed by atoms with E-state index in [9.17, 15) is 9.59 Å². The highest BCUT2D eigenvalue weighted by Crippen LogP contribution is 2.30. The third kappa shape index (κ3) is 6.54. The Morgan fingerprint density at radius 2 is 1.63 bits per heavy atom. The molecule has 0 aliphatic carbocycles. The van der Waals surface area contributed by atoms with Gasteiger partial charge in [0, 0.05) is 11.3 Å². The second-order valence-electron chi connectivity index (χ2n) is 9.81. The molecule has 1 heterocycles. The number of rotatable bonds is 8. The van der Waals surface area contributed by atoms with Crippen LogP contribution < -0.4 is 5.43 Å². The lowest BCUT2D eigenvalue weighted by Crippen LogP contribution is -2.20. The van der Waals surface area contributed by atoms with E-state index >= 15 is 0 Å². The Morgan fingerprint density at radius 3 is 2.24 bits per heavy atom. The van der Waals surface area contributed by atoms with Crippen molar-refractivity contribution >= 4 is 29.9 Å². The van der Waals surface area contributed by atoms with E-state index in [1.54, 1.807) is 12.1 Å². The van der Waals surface area contributed by atoms with E-state index in [0.717, 1.165) is 16.8 Å². The SMILES string of the molecule is Cc1ccc(-n2c(SCC(=O)N/N=C\c3ccc(C(=O)O)cc3)nnc2-c2ccc(C(C)(C)C)cc2)cc1. The van der Waals surface area contributed by atoms with Crippen molar-refractivity contribution in [2.75, 3.05) is 5.75 Å². The average Bonchev–Trinajstić information content (AvgIpc) is 3.32. The summed E-state index contributed by atoms with van der Waals surface area (Å²) in [5.74, 6) is -0.521. The van der Waals surface area contributed by atoms with E-state index in [-0.39, 0.29) is 22.6 Å². The number of nitrogens with zero attached hydrogens (tertiary/aromatic N) is 4. The van der Waals surface area contributed by atoms with Gasteiger partial charge in [-0.05, 0) is 47.7 Å². The van der Waals surface area contributed by atoms with Crippen LogP contribution in [0.25, 0.3) is 17.1 Å². The molecule has 0 saturated heterocycles. The van der Waals surface area contributed by atoms with E-state index in [0.29, 0.717) is 16.5 Å². The van der Waals surface area contributed by atoms with Gasteiger partial charge in [0.05, 0.1) is 17.5 Å². The summed E-state index contributed by atoms with van der Waals surface area (Å²) < 4.78 is 1.96. The van der Waals surface area contributed by atoms with Gasteiger partial charge in [-0.15, -0.1) is 10.2 Å². The minimum atomic E-state index is -0.998. The second kappa shape index (κ2) is 11.4. The minimum absolute atomic E-state index is 0.0436. The predicted octanol–water partition coefficient (Wildman–Crippen LogP) is 5.48. The molecule has 0 aliphatic heterocycles. The molecule has 4 rings (SSSR count). The van der Waals surface area contributed by atoms with Gasteiger partial charge >= 0.3 is 5.97 Å². The van der Waals surface area contributed by atoms with Gasteiger partial charge in [-0.25, -0.2) is 10.2 Å². The molecule has 4 aromatic rings. The Bertz CT molecular complexity index is 1450. The smallest absolute Gasteiger partial charge is 0.335 e. The van der Waals surface area contributed by atoms with Crippen molar-refractivity contribution in [1.29, 1.82) is 0 Å². The maximum atomic E-state index is 12.5. The summed E-state index contributed by atoms with van der Waals surface area (Å²) in [6, 6.07) is 22.6. The number of hydrogen-bond acceptors (Lipinski definition) is 6. The fraction of sp³-hybridized carbons (Fsp3) is 0.207. The molecular weight excluding hydrogens is 498 g/mol. The van der Waals surface area contributed by atoms with Gasteiger partial charge in [-0.3, -0.25) is 9.36 Å². The fourth-order valence-corrected chi connectivity index (χ4v) is 4.39. The first-order valence-corrected chi connectivity index (χ1v) is 13.0. The van der Waals surface area contributed by atoms with Crippen LogP contribution in [-0.2, 0) is 10.2 Å². The molecule has 0 unspecified atom stereocenters. The quantitative estimate of drug-likeness (QED) is 0.178. The average molecular weight is 528 g/mol. The number of carbonyl (C=O) groups is 2. The number of carboxylic acids is 1. The lowest BCUT2D eigenvalue weighted by molar-refractivity contribution is -0.118. The summed E-state index contributed by atoms with van der Waals surface area (Å²) >= 11 is 1.27. The Balaban J connectivity index is 1.50. The summed E-state index contributed by atoms with van der Waals surface area (Å²) in [7, 11) is 0. The molecule has 0 atom stereocenters. The van der Waals surface area contributed by atoms with Crippen molar-refractivity contribution < 1.29 is 14.7 Å². The van der Waals surface area contributed by atoms with Crippen LogP contribution in [0.15, 0.2) is 83.1 Å². The lowest BCUT2D eigenvalue weighted by Gasteiger charge is -2.19. The van der Waals surface area contributed by atoms with Crippen molar-refractivity contribution in [3.63, 3.8) is 0 Å². The van der Waals surface area contributed by atoms with Crippen molar-refractivity contribution in [3.05, 3.63) is 95.1 Å². The molecule has 0 radical (unpaired) electrons. The molecule has 1 amide bonds. The van der Waals surface area contributed by atoms with Crippen LogP contribution in [0.2, 0.25) is 0 Å². The van der Waals surface area contributed by atoms with Crippen molar-refractivity contribution in [3.8, 4) is 17.1 Å². The summed E-state index contributed by atoms with van der Waals surface area (Å²) in [5, 5.41) is 22.4. The number of aromatic carboxylic acids is 1. The third-order valence-electron chi connectivity index (χ3n) is 5.83. The topological polar surface area (TPSA) is 109 Å². The number of benzene rings is 3. The van der Waals surface area contributed by atoms with Crippen LogP contribution in [0, 0.1) is 6.92 Å². The first-order chi connectivity index (χ1) is 18.1. The van der Waals surface area contributed by atoms with Gasteiger partial charge in [0.15, 0.2) is 11.0 Å². The number of aryl methyl sites for hydroxylation is 1. The predicted molar refractivity (Wildman–Crippen MR) is 150 cm³/mol. The number of carboxylic acid groups (broad SMARTS) is 1. The molecule has 0 bridgehead atoms. The van der Waals surface area contributed by atoms with Crippen LogP contribution in [-0.4, -0.2) is 43.7 Å². The molecule has 3 aromatic carbocycles. The summed E-state index contributed by atoms with van der Waals surface area (Å²) in [5.41, 5.74) is 7.60. The van der Waals surface area contributed by atoms with Crippen molar-refractivity contribution in [2.45, 2.75) is 38.3 Å². The number of nitrogens with one attached hydrogen (secondary N) is 1. The highest BCUT2D eigenvalue weighted by Gasteiger charge is 2.19. The molecule has 0 fully saturated rings. The van der Waals surface area contributed by atoms with Gasteiger partial charge in [-0.1, -0.05) is 86.6 Å². The van der Waals surface area contributed by atoms with Gasteiger partial charge < -0.3 is 5.11 Å². The minimum Gasteiger partial charge on any atom is -0.478 e. The molecule has 38 heavy (non-hydrogen) atoms. The number of hydrogen-bond donors (Lipinski definition) is 2. The van der Waals surface area contributed by atoms with Gasteiger partial charge in [0.25, 0.3) is 5.91 Å². The zero-order chi connectivity index (χ0) is 27.3. The first-order valence-electron chi connectivity index (χ1n) is 12.0. The van der Waals surface area contributed by atoms with Gasteiger partial charge in [-0.2, -0.15) is 5.10 Å². The molecule has 8 nitrogen and oxygen atoms in total. The molecular formula is C29H29N5O3S. The Labute approximate surface area is 225 Å².